The first-order chi connectivity index (χ1) is 24.6. The van der Waals surface area contributed by atoms with Gasteiger partial charge in [-0.05, 0) is 127 Å². The molecule has 288 valence electrons. The molecule has 5 heteroatoms. The van der Waals surface area contributed by atoms with Crippen LogP contribution in [0.4, 0.5) is 0 Å². The van der Waals surface area contributed by atoms with Crippen molar-refractivity contribution in [2.24, 2.45) is 52.3 Å². The Morgan fingerprint density at radius 2 is 1.40 bits per heavy atom. The average molecular weight is 729 g/mol. The largest absolute Gasteiger partial charge is 0.417 e. The van der Waals surface area contributed by atoms with Crippen LogP contribution in [0.2, 0.25) is 18.1 Å². The van der Waals surface area contributed by atoms with E-state index in [1.807, 2.05) is 0 Å². The Morgan fingerprint density at radius 1 is 0.788 bits per heavy atom. The molecule has 4 fully saturated rings. The molecular weight excluding hydrogens is 657 g/mol. The van der Waals surface area contributed by atoms with E-state index in [0.29, 0.717) is 54.5 Å². The van der Waals surface area contributed by atoms with Crippen molar-refractivity contribution in [2.45, 2.75) is 156 Å². The summed E-state index contributed by atoms with van der Waals surface area (Å²) in [5.41, 5.74) is 2.81. The van der Waals surface area contributed by atoms with Crippen molar-refractivity contribution in [3.05, 3.63) is 71.8 Å². The van der Waals surface area contributed by atoms with Crippen molar-refractivity contribution in [3.63, 3.8) is 0 Å². The van der Waals surface area contributed by atoms with Crippen molar-refractivity contribution in [2.75, 3.05) is 6.61 Å². The summed E-state index contributed by atoms with van der Waals surface area (Å²) in [4.78, 5) is 14.2. The number of hydrogen-bond donors (Lipinski definition) is 0. The van der Waals surface area contributed by atoms with Gasteiger partial charge in [0.15, 0.2) is 8.32 Å². The second-order valence-corrected chi connectivity index (χ2v) is 24.8. The van der Waals surface area contributed by atoms with Gasteiger partial charge in [-0.2, -0.15) is 0 Å². The molecule has 6 rings (SSSR count). The van der Waals surface area contributed by atoms with Crippen LogP contribution in [-0.4, -0.2) is 32.9 Å². The maximum Gasteiger partial charge on any atom is 0.191 e. The van der Waals surface area contributed by atoms with Gasteiger partial charge in [-0.3, -0.25) is 4.79 Å². The molecule has 0 saturated heterocycles. The van der Waals surface area contributed by atoms with Crippen LogP contribution in [0.3, 0.4) is 0 Å². The van der Waals surface area contributed by atoms with Gasteiger partial charge >= 0.3 is 0 Å². The van der Waals surface area contributed by atoms with E-state index in [1.165, 1.54) is 43.2 Å². The summed E-state index contributed by atoms with van der Waals surface area (Å²) in [6.07, 6.45) is 11.7. The van der Waals surface area contributed by atoms with Crippen molar-refractivity contribution in [1.82, 2.24) is 0 Å². The monoisotopic (exact) mass is 729 g/mol. The van der Waals surface area contributed by atoms with E-state index < -0.39 is 8.32 Å². The summed E-state index contributed by atoms with van der Waals surface area (Å²) < 4.78 is 20.2. The standard InChI is InChI=1S/C47H72O4Si/c1-33(30-51-52(8,9)45(3,4)5)17-16-18-34(2)44-42(48)29-40-38-28-43(50-32-36-21-14-11-15-22-36)41-27-37(49-31-35-19-12-10-13-20-35)23-25-46(41,6)39(38)24-26-47(40,44)7/h10-15,19-22,33-34,37-41,43-44H,16-18,23-32H2,1-9H3/t33-,34-,37+,38-,39+,40+,41-,43-,44+,46-,47+/m1/s1. The number of fused-ring (bicyclic) bond motifs is 5. The fourth-order valence-electron chi connectivity index (χ4n) is 11.5. The van der Waals surface area contributed by atoms with Crippen molar-refractivity contribution in [3.8, 4) is 0 Å². The lowest BCUT2D eigenvalue weighted by Gasteiger charge is -2.63. The van der Waals surface area contributed by atoms with Crippen LogP contribution in [0.25, 0.3) is 0 Å². The molecule has 2 aromatic carbocycles. The molecule has 0 unspecified atom stereocenters. The van der Waals surface area contributed by atoms with Crippen LogP contribution in [0.1, 0.15) is 124 Å². The lowest BCUT2D eigenvalue weighted by molar-refractivity contribution is -0.194. The van der Waals surface area contributed by atoms with Crippen LogP contribution < -0.4 is 0 Å². The minimum Gasteiger partial charge on any atom is -0.417 e. The molecule has 4 nitrogen and oxygen atoms in total. The van der Waals surface area contributed by atoms with Gasteiger partial charge in [0.05, 0.1) is 25.4 Å². The Kier molecular flexibility index (Phi) is 12.4. The van der Waals surface area contributed by atoms with Crippen molar-refractivity contribution >= 4 is 14.1 Å². The van der Waals surface area contributed by atoms with Gasteiger partial charge in [0.2, 0.25) is 0 Å². The maximum absolute atomic E-state index is 14.2. The molecule has 0 spiro atoms. The third-order valence-electron chi connectivity index (χ3n) is 15.6. The summed E-state index contributed by atoms with van der Waals surface area (Å²) in [6.45, 7) is 23.8. The van der Waals surface area contributed by atoms with E-state index in [0.717, 1.165) is 38.7 Å². The fraction of sp³-hybridized carbons (Fsp3) is 0.723. The molecule has 0 aliphatic heterocycles. The highest BCUT2D eigenvalue weighted by atomic mass is 28.4. The van der Waals surface area contributed by atoms with Gasteiger partial charge < -0.3 is 13.9 Å². The number of ketones is 1. The Bertz CT molecular complexity index is 1450. The lowest BCUT2D eigenvalue weighted by Crippen LogP contribution is -2.59. The fourth-order valence-corrected chi connectivity index (χ4v) is 12.7. The van der Waals surface area contributed by atoms with Crippen LogP contribution in [0, 0.1) is 52.3 Å². The summed E-state index contributed by atoms with van der Waals surface area (Å²) in [5, 5.41) is 0.246. The normalized spacial score (nSPS) is 34.6. The molecule has 0 heterocycles. The number of hydrogen-bond acceptors (Lipinski definition) is 4. The van der Waals surface area contributed by atoms with Crippen LogP contribution in [0.5, 0.6) is 0 Å². The molecule has 0 N–H and O–H groups in total. The molecule has 4 aliphatic rings. The summed E-state index contributed by atoms with van der Waals surface area (Å²) in [7, 11) is -1.73. The SMILES string of the molecule is C[C@H](CCC[C@@H](C)[C@H]1C(=O)C[C@H]2[C@@H]3C[C@@H](OCc4ccccc4)[C@H]4C[C@@H](OCc5ccccc5)CC[C@]4(C)[C@H]3CC[C@]12C)CO[Si](C)(C)C(C)(C)C. The zero-order valence-corrected chi connectivity index (χ0v) is 35.3. The minimum atomic E-state index is -1.73. The van der Waals surface area contributed by atoms with Gasteiger partial charge in [-0.1, -0.05) is 116 Å². The predicted octanol–water partition coefficient (Wildman–Crippen LogP) is 12.1. The first-order valence-corrected chi connectivity index (χ1v) is 24.0. The van der Waals surface area contributed by atoms with Gasteiger partial charge in [0.25, 0.3) is 0 Å². The lowest BCUT2D eigenvalue weighted by atomic mass is 9.43. The third kappa shape index (κ3) is 8.38. The highest BCUT2D eigenvalue weighted by Gasteiger charge is 2.64. The van der Waals surface area contributed by atoms with E-state index in [4.69, 9.17) is 13.9 Å². The molecule has 2 aromatic rings. The van der Waals surface area contributed by atoms with E-state index >= 15 is 0 Å². The zero-order valence-electron chi connectivity index (χ0n) is 34.3. The summed E-state index contributed by atoms with van der Waals surface area (Å²) >= 11 is 0. The Hall–Kier alpha value is -1.79. The molecule has 11 atom stereocenters. The van der Waals surface area contributed by atoms with Crippen LogP contribution in [0.15, 0.2) is 60.7 Å². The first kappa shape index (κ1) is 39.9. The smallest absolute Gasteiger partial charge is 0.191 e. The minimum absolute atomic E-state index is 0.0951. The average Bonchev–Trinajstić information content (AvgIpc) is 3.39. The topological polar surface area (TPSA) is 44.8 Å². The maximum atomic E-state index is 14.2. The number of rotatable bonds is 14. The van der Waals surface area contributed by atoms with Gasteiger partial charge in [-0.25, -0.2) is 0 Å². The highest BCUT2D eigenvalue weighted by Crippen LogP contribution is 2.68. The van der Waals surface area contributed by atoms with Crippen LogP contribution >= 0.6 is 0 Å². The van der Waals surface area contributed by atoms with Crippen molar-refractivity contribution < 1.29 is 18.7 Å². The molecule has 0 bridgehead atoms. The van der Waals surface area contributed by atoms with Gasteiger partial charge in [-0.15, -0.1) is 0 Å². The van der Waals surface area contributed by atoms with E-state index in [2.05, 4.69) is 122 Å². The molecule has 0 radical (unpaired) electrons. The molecule has 4 aliphatic carbocycles. The van der Waals surface area contributed by atoms with Gasteiger partial charge in [0, 0.05) is 18.9 Å². The van der Waals surface area contributed by atoms with Crippen molar-refractivity contribution in [1.29, 1.82) is 0 Å². The second-order valence-electron chi connectivity index (χ2n) is 20.0. The number of benzene rings is 2. The van der Waals surface area contributed by atoms with E-state index in [1.54, 1.807) is 0 Å². The quantitative estimate of drug-likeness (QED) is 0.182. The second kappa shape index (κ2) is 16.1. The predicted molar refractivity (Wildman–Crippen MR) is 216 cm³/mol. The molecule has 4 saturated carbocycles. The number of carbonyl (C=O) groups excluding carboxylic acids is 1. The summed E-state index contributed by atoms with van der Waals surface area (Å²) in [6, 6.07) is 21.4. The van der Waals surface area contributed by atoms with Crippen LogP contribution in [-0.2, 0) is 31.9 Å². The number of Topliss-reactive ketones (excluding diaryl/α,β-unsaturated/α-hetero) is 1. The molecule has 0 aromatic heterocycles. The molecular formula is C47H72O4Si. The molecule has 52 heavy (non-hydrogen) atoms. The zero-order chi connectivity index (χ0) is 37.3. The highest BCUT2D eigenvalue weighted by molar-refractivity contribution is 6.74. The molecule has 0 amide bonds. The Labute approximate surface area is 318 Å². The summed E-state index contributed by atoms with van der Waals surface area (Å²) in [5.74, 6) is 3.89. The Morgan fingerprint density at radius 3 is 2.04 bits per heavy atom. The first-order valence-electron chi connectivity index (χ1n) is 21.1. The van der Waals surface area contributed by atoms with Gasteiger partial charge in [0.1, 0.15) is 5.78 Å². The van der Waals surface area contributed by atoms with E-state index in [9.17, 15) is 4.79 Å². The van der Waals surface area contributed by atoms with E-state index in [-0.39, 0.29) is 34.0 Å². The Balaban J connectivity index is 1.13. The number of carbonyl (C=O) groups is 1. The number of ether oxygens (including phenoxy) is 2. The third-order valence-corrected chi connectivity index (χ3v) is 20.1.